The van der Waals surface area contributed by atoms with Crippen LogP contribution in [0, 0.1) is 0 Å². The molecule has 12 heteroatoms. The van der Waals surface area contributed by atoms with Crippen molar-refractivity contribution < 1.29 is 19.0 Å². The van der Waals surface area contributed by atoms with Gasteiger partial charge >= 0.3 is 0 Å². The number of ether oxygens (including phenoxy) is 3. The zero-order valence-corrected chi connectivity index (χ0v) is 25.6. The van der Waals surface area contributed by atoms with Crippen molar-refractivity contribution in [2.24, 2.45) is 4.99 Å². The molecule has 2 aliphatic heterocycles. The molecular formula is C31H37N7O4S. The normalized spacial score (nSPS) is 19.9. The number of thioether (sulfide) groups is 1. The molecule has 3 aliphatic rings. The maximum absolute atomic E-state index is 12.7. The Morgan fingerprint density at radius 1 is 0.930 bits per heavy atom. The molecule has 0 radical (unpaired) electrons. The lowest BCUT2D eigenvalue weighted by molar-refractivity contribution is -0.113. The van der Waals surface area contributed by atoms with Crippen LogP contribution in [0.4, 0.5) is 0 Å². The first-order valence-corrected chi connectivity index (χ1v) is 15.6. The standard InChI is InChI=1S/C31H37N7O4S/c1-40-24-19-22(20-25(41-2)28(24)42-3)27(29-33-34-35-38(29)23-12-8-5-9-13-23)36-14-16-37(17-15-36)31-32-30(39)26(43-31)18-21-10-6-4-7-11-21/h4,6-7,10-11,18-20,23,27H,5,8-9,12-17H2,1-3H3/b26-18-. The number of hydrogen-bond acceptors (Lipinski definition) is 10. The number of benzene rings is 2. The van der Waals surface area contributed by atoms with Gasteiger partial charge in [0.2, 0.25) is 5.75 Å². The first-order valence-electron chi connectivity index (χ1n) is 14.7. The molecule has 11 nitrogen and oxygen atoms in total. The van der Waals surface area contributed by atoms with Crippen molar-refractivity contribution in [3.63, 3.8) is 0 Å². The highest BCUT2D eigenvalue weighted by Gasteiger charge is 2.36. The highest BCUT2D eigenvalue weighted by Crippen LogP contribution is 2.43. The van der Waals surface area contributed by atoms with E-state index in [4.69, 9.17) is 14.2 Å². The van der Waals surface area contributed by atoms with Crippen LogP contribution in [0.3, 0.4) is 0 Å². The van der Waals surface area contributed by atoms with Crippen molar-refractivity contribution in [2.45, 2.75) is 44.2 Å². The van der Waals surface area contributed by atoms with E-state index in [1.807, 2.05) is 53.2 Å². The summed E-state index contributed by atoms with van der Waals surface area (Å²) in [4.78, 5) is 22.4. The molecule has 226 valence electrons. The second-order valence-corrected chi connectivity index (χ2v) is 11.9. The first-order chi connectivity index (χ1) is 21.1. The Balaban J connectivity index is 1.27. The van der Waals surface area contributed by atoms with Crippen LogP contribution in [0.15, 0.2) is 52.4 Å². The van der Waals surface area contributed by atoms with Crippen LogP contribution in [0.2, 0.25) is 0 Å². The molecular weight excluding hydrogens is 566 g/mol. The summed E-state index contributed by atoms with van der Waals surface area (Å²) in [6, 6.07) is 13.9. The van der Waals surface area contributed by atoms with Crippen molar-refractivity contribution in [1.82, 2.24) is 30.0 Å². The predicted octanol–water partition coefficient (Wildman–Crippen LogP) is 4.58. The van der Waals surface area contributed by atoms with Crippen LogP contribution in [0.5, 0.6) is 17.2 Å². The van der Waals surface area contributed by atoms with Crippen molar-refractivity contribution in [3.05, 3.63) is 64.3 Å². The fourth-order valence-electron chi connectivity index (χ4n) is 6.15. The molecule has 3 heterocycles. The number of carbonyl (C=O) groups excluding carboxylic acids is 1. The van der Waals surface area contributed by atoms with Gasteiger partial charge in [0.15, 0.2) is 22.5 Å². The van der Waals surface area contributed by atoms with Crippen LogP contribution in [0.25, 0.3) is 6.08 Å². The summed E-state index contributed by atoms with van der Waals surface area (Å²) >= 11 is 1.44. The number of hydrogen-bond donors (Lipinski definition) is 0. The fourth-order valence-corrected chi connectivity index (χ4v) is 7.12. The van der Waals surface area contributed by atoms with E-state index < -0.39 is 0 Å². The third kappa shape index (κ3) is 6.12. The average Bonchev–Trinajstić information content (AvgIpc) is 3.68. The molecule has 1 saturated carbocycles. The van der Waals surface area contributed by atoms with Gasteiger partial charge in [-0.25, -0.2) is 4.68 Å². The number of amidine groups is 1. The molecule has 1 atom stereocenters. The molecule has 0 spiro atoms. The largest absolute Gasteiger partial charge is 0.493 e. The van der Waals surface area contributed by atoms with Crippen LogP contribution in [-0.4, -0.2) is 88.6 Å². The lowest BCUT2D eigenvalue weighted by Gasteiger charge is -2.40. The highest BCUT2D eigenvalue weighted by atomic mass is 32.2. The first kappa shape index (κ1) is 29.2. The zero-order chi connectivity index (χ0) is 29.8. The molecule has 1 unspecified atom stereocenters. The second-order valence-electron chi connectivity index (χ2n) is 10.9. The summed E-state index contributed by atoms with van der Waals surface area (Å²) in [6.45, 7) is 2.88. The molecule has 43 heavy (non-hydrogen) atoms. The topological polar surface area (TPSA) is 107 Å². The quantitative estimate of drug-likeness (QED) is 0.340. The smallest absolute Gasteiger partial charge is 0.286 e. The second kappa shape index (κ2) is 13.2. The number of amides is 1. The SMILES string of the molecule is COc1cc(C(c2nnnn2C2CCCCC2)N2CCN(C3=NC(=O)/C(=C/c4ccccc4)S3)CC2)cc(OC)c1OC. The molecule has 3 aromatic rings. The van der Waals surface area contributed by atoms with E-state index in [9.17, 15) is 4.79 Å². The molecule has 0 N–H and O–H groups in total. The van der Waals surface area contributed by atoms with Gasteiger partial charge in [0.1, 0.15) is 0 Å². The number of aromatic nitrogens is 4. The number of rotatable bonds is 8. The van der Waals surface area contributed by atoms with E-state index in [-0.39, 0.29) is 18.0 Å². The van der Waals surface area contributed by atoms with Crippen LogP contribution in [-0.2, 0) is 4.79 Å². The van der Waals surface area contributed by atoms with E-state index in [1.165, 1.54) is 31.0 Å². The summed E-state index contributed by atoms with van der Waals surface area (Å²) < 4.78 is 19.1. The minimum Gasteiger partial charge on any atom is -0.493 e. The van der Waals surface area contributed by atoms with Gasteiger partial charge in [-0.3, -0.25) is 9.69 Å². The van der Waals surface area contributed by atoms with Crippen LogP contribution >= 0.6 is 11.8 Å². The van der Waals surface area contributed by atoms with Crippen LogP contribution in [0.1, 0.15) is 61.1 Å². The Labute approximate surface area is 255 Å². The Morgan fingerprint density at radius 3 is 2.28 bits per heavy atom. The minimum absolute atomic E-state index is 0.187. The van der Waals surface area contributed by atoms with E-state index in [2.05, 4.69) is 30.3 Å². The average molecular weight is 604 g/mol. The van der Waals surface area contributed by atoms with Gasteiger partial charge in [0, 0.05) is 26.2 Å². The number of piperazine rings is 1. The lowest BCUT2D eigenvalue weighted by Crippen LogP contribution is -2.49. The maximum atomic E-state index is 12.7. The highest BCUT2D eigenvalue weighted by molar-refractivity contribution is 8.18. The Morgan fingerprint density at radius 2 is 1.63 bits per heavy atom. The van der Waals surface area contributed by atoms with Crippen molar-refractivity contribution in [3.8, 4) is 17.2 Å². The van der Waals surface area contributed by atoms with Gasteiger partial charge in [-0.1, -0.05) is 49.6 Å². The zero-order valence-electron chi connectivity index (χ0n) is 24.8. The summed E-state index contributed by atoms with van der Waals surface area (Å²) in [5.74, 6) is 2.35. The van der Waals surface area contributed by atoms with Crippen molar-refractivity contribution in [2.75, 3.05) is 47.5 Å². The predicted molar refractivity (Wildman–Crippen MR) is 165 cm³/mol. The summed E-state index contributed by atoms with van der Waals surface area (Å²) in [6.07, 6.45) is 7.65. The summed E-state index contributed by atoms with van der Waals surface area (Å²) in [7, 11) is 4.86. The van der Waals surface area contributed by atoms with Gasteiger partial charge < -0.3 is 19.1 Å². The molecule has 2 aromatic carbocycles. The van der Waals surface area contributed by atoms with Gasteiger partial charge in [-0.05, 0) is 64.4 Å². The van der Waals surface area contributed by atoms with E-state index in [1.54, 1.807) is 21.3 Å². The van der Waals surface area contributed by atoms with Gasteiger partial charge in [0.05, 0.1) is 38.3 Å². The number of carbonyl (C=O) groups is 1. The molecule has 1 amide bonds. The number of tetrazole rings is 1. The molecule has 1 saturated heterocycles. The van der Waals surface area contributed by atoms with Crippen molar-refractivity contribution in [1.29, 1.82) is 0 Å². The van der Waals surface area contributed by atoms with Gasteiger partial charge in [-0.2, -0.15) is 4.99 Å². The third-order valence-electron chi connectivity index (χ3n) is 8.34. The van der Waals surface area contributed by atoms with Crippen molar-refractivity contribution >= 4 is 28.9 Å². The fraction of sp³-hybridized carbons (Fsp3) is 0.452. The Bertz CT molecular complexity index is 1470. The van der Waals surface area contributed by atoms with E-state index in [0.717, 1.165) is 48.1 Å². The molecule has 2 fully saturated rings. The number of aliphatic imine (C=N–C) groups is 1. The minimum atomic E-state index is -0.235. The maximum Gasteiger partial charge on any atom is 0.286 e. The van der Waals surface area contributed by atoms with E-state index in [0.29, 0.717) is 35.2 Å². The Kier molecular flexibility index (Phi) is 8.94. The number of nitrogens with zero attached hydrogens (tertiary/aromatic N) is 7. The molecule has 1 aromatic heterocycles. The summed E-state index contributed by atoms with van der Waals surface area (Å²) in [5, 5.41) is 14.0. The monoisotopic (exact) mass is 603 g/mol. The van der Waals surface area contributed by atoms with E-state index >= 15 is 0 Å². The molecule has 1 aliphatic carbocycles. The summed E-state index contributed by atoms with van der Waals surface area (Å²) in [5.41, 5.74) is 1.95. The van der Waals surface area contributed by atoms with Gasteiger partial charge in [-0.15, -0.1) is 5.10 Å². The lowest BCUT2D eigenvalue weighted by atomic mass is 9.95. The van der Waals surface area contributed by atoms with Gasteiger partial charge in [0.25, 0.3) is 5.91 Å². The molecule has 6 rings (SSSR count). The van der Waals surface area contributed by atoms with Crippen LogP contribution < -0.4 is 14.2 Å². The Hall–Kier alpha value is -3.90. The molecule has 0 bridgehead atoms. The third-order valence-corrected chi connectivity index (χ3v) is 9.39. The number of methoxy groups -OCH3 is 3.